The number of halogens is 3. The third-order valence-corrected chi connectivity index (χ3v) is 2.10. The fourth-order valence-electron chi connectivity index (χ4n) is 1.37. The molecule has 1 aromatic carbocycles. The lowest BCUT2D eigenvalue weighted by molar-refractivity contribution is -0.0970. The van der Waals surface area contributed by atoms with Crippen molar-refractivity contribution in [2.45, 2.75) is 12.0 Å². The Labute approximate surface area is 81.6 Å². The maximum absolute atomic E-state index is 12.8. The fourth-order valence-corrected chi connectivity index (χ4v) is 1.37. The van der Waals surface area contributed by atoms with Crippen LogP contribution >= 0.6 is 12.4 Å². The molecular formula is C9H10ClF2N. The van der Waals surface area contributed by atoms with Gasteiger partial charge in [-0.25, -0.2) is 8.78 Å². The van der Waals surface area contributed by atoms with E-state index in [0.29, 0.717) is 5.56 Å². The number of benzene rings is 1. The van der Waals surface area contributed by atoms with Gasteiger partial charge in [-0.1, -0.05) is 30.3 Å². The van der Waals surface area contributed by atoms with Crippen molar-refractivity contribution in [1.82, 2.24) is 5.32 Å². The number of rotatable bonds is 1. The van der Waals surface area contributed by atoms with Gasteiger partial charge in [0, 0.05) is 0 Å². The second-order valence-electron chi connectivity index (χ2n) is 2.99. The summed E-state index contributed by atoms with van der Waals surface area (Å²) in [4.78, 5) is 0. The summed E-state index contributed by atoms with van der Waals surface area (Å²) in [5.74, 6) is -2.57. The third kappa shape index (κ3) is 1.81. The SMILES string of the molecule is Cl.FC1(F)CN[C@@H]1c1ccccc1. The van der Waals surface area contributed by atoms with Gasteiger partial charge in [0.15, 0.2) is 0 Å². The van der Waals surface area contributed by atoms with Gasteiger partial charge < -0.3 is 0 Å². The Kier molecular flexibility index (Phi) is 2.88. The van der Waals surface area contributed by atoms with Crippen LogP contribution in [0.1, 0.15) is 11.6 Å². The molecule has 1 fully saturated rings. The van der Waals surface area contributed by atoms with E-state index < -0.39 is 12.0 Å². The van der Waals surface area contributed by atoms with E-state index >= 15 is 0 Å². The fraction of sp³-hybridized carbons (Fsp3) is 0.333. The molecule has 13 heavy (non-hydrogen) atoms. The molecule has 0 aromatic heterocycles. The molecule has 0 amide bonds. The van der Waals surface area contributed by atoms with Crippen LogP contribution in [0.3, 0.4) is 0 Å². The predicted octanol–water partition coefficient (Wildman–Crippen LogP) is 2.39. The van der Waals surface area contributed by atoms with Gasteiger partial charge in [-0.15, -0.1) is 12.4 Å². The lowest BCUT2D eigenvalue weighted by Crippen LogP contribution is -2.55. The summed E-state index contributed by atoms with van der Waals surface area (Å²) < 4.78 is 25.7. The van der Waals surface area contributed by atoms with Gasteiger partial charge in [0.1, 0.15) is 0 Å². The Morgan fingerprint density at radius 2 is 1.85 bits per heavy atom. The molecular weight excluding hydrogens is 196 g/mol. The zero-order valence-electron chi connectivity index (χ0n) is 6.84. The Balaban J connectivity index is 0.000000845. The van der Waals surface area contributed by atoms with Gasteiger partial charge >= 0.3 is 0 Å². The summed E-state index contributed by atoms with van der Waals surface area (Å²) in [6.45, 7) is -0.202. The molecule has 0 spiro atoms. The van der Waals surface area contributed by atoms with Crippen LogP contribution in [0.4, 0.5) is 8.78 Å². The monoisotopic (exact) mass is 205 g/mol. The predicted molar refractivity (Wildman–Crippen MR) is 49.4 cm³/mol. The minimum atomic E-state index is -2.57. The van der Waals surface area contributed by atoms with E-state index in [2.05, 4.69) is 5.32 Å². The Bertz CT molecular complexity index is 276. The molecule has 0 saturated carbocycles. The van der Waals surface area contributed by atoms with Gasteiger partial charge in [0.2, 0.25) is 0 Å². The molecule has 1 aliphatic heterocycles. The molecule has 1 atom stereocenters. The standard InChI is InChI=1S/C9H9F2N.ClH/c10-9(11)6-12-8(9)7-4-2-1-3-5-7;/h1-5,8,12H,6H2;1H/t8-;/m1./s1. The van der Waals surface area contributed by atoms with Crippen molar-refractivity contribution in [3.05, 3.63) is 35.9 Å². The van der Waals surface area contributed by atoms with Crippen molar-refractivity contribution in [3.63, 3.8) is 0 Å². The summed E-state index contributed by atoms with van der Waals surface area (Å²) in [6.07, 6.45) is 0. The smallest absolute Gasteiger partial charge is 0.279 e. The topological polar surface area (TPSA) is 12.0 Å². The van der Waals surface area contributed by atoms with Crippen molar-refractivity contribution in [2.75, 3.05) is 6.54 Å². The molecule has 1 saturated heterocycles. The highest BCUT2D eigenvalue weighted by atomic mass is 35.5. The van der Waals surface area contributed by atoms with E-state index in [0.717, 1.165) is 0 Å². The van der Waals surface area contributed by atoms with Crippen LogP contribution in [0, 0.1) is 0 Å². The normalized spacial score (nSPS) is 24.3. The zero-order valence-corrected chi connectivity index (χ0v) is 7.65. The maximum atomic E-state index is 12.8. The summed E-state index contributed by atoms with van der Waals surface area (Å²) in [5, 5.41) is 2.70. The Morgan fingerprint density at radius 3 is 2.23 bits per heavy atom. The van der Waals surface area contributed by atoms with Gasteiger partial charge in [-0.3, -0.25) is 5.32 Å². The highest BCUT2D eigenvalue weighted by Crippen LogP contribution is 2.37. The quantitative estimate of drug-likeness (QED) is 0.743. The van der Waals surface area contributed by atoms with Crippen LogP contribution in [0.2, 0.25) is 0 Å². The molecule has 1 N–H and O–H groups in total. The molecule has 1 heterocycles. The largest absolute Gasteiger partial charge is 0.299 e. The molecule has 2 rings (SSSR count). The second kappa shape index (κ2) is 3.60. The highest BCUT2D eigenvalue weighted by Gasteiger charge is 2.48. The van der Waals surface area contributed by atoms with Crippen LogP contribution < -0.4 is 5.32 Å². The van der Waals surface area contributed by atoms with Crippen molar-refractivity contribution < 1.29 is 8.78 Å². The van der Waals surface area contributed by atoms with Crippen LogP contribution in [0.15, 0.2) is 30.3 Å². The van der Waals surface area contributed by atoms with E-state index in [1.807, 2.05) is 6.07 Å². The van der Waals surface area contributed by atoms with E-state index in [1.54, 1.807) is 24.3 Å². The van der Waals surface area contributed by atoms with Crippen molar-refractivity contribution in [2.24, 2.45) is 0 Å². The van der Waals surface area contributed by atoms with Crippen LogP contribution in [0.25, 0.3) is 0 Å². The van der Waals surface area contributed by atoms with E-state index in [-0.39, 0.29) is 19.0 Å². The molecule has 4 heteroatoms. The van der Waals surface area contributed by atoms with Crippen molar-refractivity contribution >= 4 is 12.4 Å². The molecule has 0 unspecified atom stereocenters. The zero-order chi connectivity index (χ0) is 8.60. The minimum absolute atomic E-state index is 0. The molecule has 1 aliphatic rings. The van der Waals surface area contributed by atoms with Gasteiger partial charge in [0.25, 0.3) is 5.92 Å². The van der Waals surface area contributed by atoms with Gasteiger partial charge in [-0.2, -0.15) is 0 Å². The molecule has 72 valence electrons. The summed E-state index contributed by atoms with van der Waals surface area (Å²) in [6, 6.07) is 8.01. The first-order valence-electron chi connectivity index (χ1n) is 3.86. The van der Waals surface area contributed by atoms with E-state index in [9.17, 15) is 8.78 Å². The number of nitrogens with one attached hydrogen (secondary N) is 1. The molecule has 0 aliphatic carbocycles. The molecule has 0 bridgehead atoms. The summed E-state index contributed by atoms with van der Waals surface area (Å²) in [7, 11) is 0. The lowest BCUT2D eigenvalue weighted by atomic mass is 9.94. The Hall–Kier alpha value is -0.670. The maximum Gasteiger partial charge on any atom is 0.279 e. The van der Waals surface area contributed by atoms with E-state index in [1.165, 1.54) is 0 Å². The average molecular weight is 206 g/mol. The first-order chi connectivity index (χ1) is 5.70. The molecule has 1 aromatic rings. The first kappa shape index (κ1) is 10.4. The molecule has 0 radical (unpaired) electrons. The van der Waals surface area contributed by atoms with Crippen LogP contribution in [0.5, 0.6) is 0 Å². The first-order valence-corrected chi connectivity index (χ1v) is 3.86. The summed E-state index contributed by atoms with van der Waals surface area (Å²) in [5.41, 5.74) is 0.661. The number of alkyl halides is 2. The van der Waals surface area contributed by atoms with Crippen LogP contribution in [-0.4, -0.2) is 12.5 Å². The number of hydrogen-bond donors (Lipinski definition) is 1. The van der Waals surface area contributed by atoms with Gasteiger partial charge in [0.05, 0.1) is 12.6 Å². The van der Waals surface area contributed by atoms with Gasteiger partial charge in [-0.05, 0) is 5.56 Å². The summed E-state index contributed by atoms with van der Waals surface area (Å²) >= 11 is 0. The van der Waals surface area contributed by atoms with Crippen LogP contribution in [-0.2, 0) is 0 Å². The van der Waals surface area contributed by atoms with E-state index in [4.69, 9.17) is 0 Å². The number of hydrogen-bond acceptors (Lipinski definition) is 1. The minimum Gasteiger partial charge on any atom is -0.299 e. The second-order valence-corrected chi connectivity index (χ2v) is 2.99. The third-order valence-electron chi connectivity index (χ3n) is 2.10. The lowest BCUT2D eigenvalue weighted by Gasteiger charge is -2.37. The molecule has 1 nitrogen and oxygen atoms in total. The average Bonchev–Trinajstić information content (AvgIpc) is 2.05. The van der Waals surface area contributed by atoms with Crippen molar-refractivity contribution in [1.29, 1.82) is 0 Å². The Morgan fingerprint density at radius 1 is 1.23 bits per heavy atom. The highest BCUT2D eigenvalue weighted by molar-refractivity contribution is 5.85. The van der Waals surface area contributed by atoms with Crippen molar-refractivity contribution in [3.8, 4) is 0 Å².